The van der Waals surface area contributed by atoms with E-state index in [1.54, 1.807) is 0 Å². The average Bonchev–Trinajstić information content (AvgIpc) is 2.72. The third-order valence-electron chi connectivity index (χ3n) is 5.54. The Bertz CT molecular complexity index is 597. The van der Waals surface area contributed by atoms with Gasteiger partial charge in [-0.15, -0.1) is 0 Å². The highest BCUT2D eigenvalue weighted by Gasteiger charge is 2.32. The Balaban J connectivity index is 1.49. The minimum atomic E-state index is 0.0562. The van der Waals surface area contributed by atoms with Crippen molar-refractivity contribution in [2.24, 2.45) is 11.8 Å². The second-order valence-electron chi connectivity index (χ2n) is 7.38. The quantitative estimate of drug-likeness (QED) is 0.813. The Morgan fingerprint density at radius 3 is 2.46 bits per heavy atom. The molecule has 0 aliphatic carbocycles. The van der Waals surface area contributed by atoms with Gasteiger partial charge in [0.25, 0.3) is 5.91 Å². The molecule has 0 saturated carbocycles. The number of likely N-dealkylation sites (tertiary alicyclic amines) is 2. The zero-order chi connectivity index (χ0) is 18.4. The molecule has 2 saturated heterocycles. The van der Waals surface area contributed by atoms with E-state index in [-0.39, 0.29) is 17.7 Å². The number of nitrogens with zero attached hydrogens (tertiary/aromatic N) is 2. The van der Waals surface area contributed by atoms with Gasteiger partial charge in [0.15, 0.2) is 0 Å². The summed E-state index contributed by atoms with van der Waals surface area (Å²) in [6.45, 7) is 6.52. The van der Waals surface area contributed by atoms with Crippen LogP contribution in [0.15, 0.2) is 30.3 Å². The minimum absolute atomic E-state index is 0.0562. The molecule has 5 nitrogen and oxygen atoms in total. The summed E-state index contributed by atoms with van der Waals surface area (Å²) in [5, 5.41) is 0. The van der Waals surface area contributed by atoms with Crippen molar-refractivity contribution in [3.8, 4) is 0 Å². The number of amides is 2. The molecule has 2 aliphatic heterocycles. The van der Waals surface area contributed by atoms with Gasteiger partial charge in [0, 0.05) is 44.3 Å². The maximum absolute atomic E-state index is 12.9. The molecule has 2 amide bonds. The normalized spacial score (nSPS) is 21.7. The van der Waals surface area contributed by atoms with E-state index >= 15 is 0 Å². The monoisotopic (exact) mass is 358 g/mol. The van der Waals surface area contributed by atoms with E-state index in [1.807, 2.05) is 47.1 Å². The van der Waals surface area contributed by atoms with Crippen molar-refractivity contribution in [2.75, 3.05) is 39.4 Å². The summed E-state index contributed by atoms with van der Waals surface area (Å²) >= 11 is 0. The fraction of sp³-hybridized carbons (Fsp3) is 0.619. The lowest BCUT2D eigenvalue weighted by molar-refractivity contribution is -0.139. The van der Waals surface area contributed by atoms with Gasteiger partial charge in [-0.05, 0) is 50.7 Å². The molecule has 2 fully saturated rings. The van der Waals surface area contributed by atoms with Crippen LogP contribution in [0, 0.1) is 11.8 Å². The highest BCUT2D eigenvalue weighted by Crippen LogP contribution is 2.24. The molecule has 1 unspecified atom stereocenters. The maximum atomic E-state index is 12.9. The molecule has 3 rings (SSSR count). The van der Waals surface area contributed by atoms with E-state index in [0.717, 1.165) is 57.6 Å². The van der Waals surface area contributed by atoms with E-state index in [1.165, 1.54) is 0 Å². The summed E-state index contributed by atoms with van der Waals surface area (Å²) in [6.07, 6.45) is 3.75. The summed E-state index contributed by atoms with van der Waals surface area (Å²) in [5.74, 6) is 0.873. The van der Waals surface area contributed by atoms with Gasteiger partial charge in [-0.3, -0.25) is 9.59 Å². The summed E-state index contributed by atoms with van der Waals surface area (Å²) in [6, 6.07) is 9.40. The van der Waals surface area contributed by atoms with Crippen LogP contribution in [0.2, 0.25) is 0 Å². The number of benzene rings is 1. The average molecular weight is 358 g/mol. The van der Waals surface area contributed by atoms with Crippen LogP contribution in [0.3, 0.4) is 0 Å². The fourth-order valence-electron chi connectivity index (χ4n) is 4.04. The zero-order valence-electron chi connectivity index (χ0n) is 15.7. The topological polar surface area (TPSA) is 49.9 Å². The summed E-state index contributed by atoms with van der Waals surface area (Å²) in [5.41, 5.74) is 0.729. The molecule has 0 aromatic heterocycles. The molecule has 5 heteroatoms. The third-order valence-corrected chi connectivity index (χ3v) is 5.54. The van der Waals surface area contributed by atoms with E-state index in [2.05, 4.69) is 0 Å². The third kappa shape index (κ3) is 4.64. The minimum Gasteiger partial charge on any atom is -0.381 e. The largest absolute Gasteiger partial charge is 0.381 e. The van der Waals surface area contributed by atoms with Crippen molar-refractivity contribution in [1.82, 2.24) is 9.80 Å². The zero-order valence-corrected chi connectivity index (χ0v) is 15.7. The van der Waals surface area contributed by atoms with Crippen LogP contribution >= 0.6 is 0 Å². The van der Waals surface area contributed by atoms with Gasteiger partial charge in [0.1, 0.15) is 0 Å². The van der Waals surface area contributed by atoms with Crippen molar-refractivity contribution in [3.05, 3.63) is 35.9 Å². The molecule has 1 aromatic carbocycles. The second-order valence-corrected chi connectivity index (χ2v) is 7.38. The van der Waals surface area contributed by atoms with Crippen LogP contribution in [-0.4, -0.2) is 61.0 Å². The highest BCUT2D eigenvalue weighted by atomic mass is 16.5. The SMILES string of the molecule is CCOCC1CCCN(C(=O)C2CCN(C(=O)c3ccccc3)CC2)C1. The van der Waals surface area contributed by atoms with Crippen LogP contribution < -0.4 is 0 Å². The standard InChI is InChI=1S/C21H30N2O3/c1-2-26-16-17-7-6-12-23(15-17)21(25)19-10-13-22(14-11-19)20(24)18-8-4-3-5-9-18/h3-5,8-9,17,19H,2,6-7,10-16H2,1H3. The van der Waals surface area contributed by atoms with Crippen molar-refractivity contribution in [1.29, 1.82) is 0 Å². The predicted octanol–water partition coefficient (Wildman–Crippen LogP) is 2.81. The van der Waals surface area contributed by atoms with Crippen molar-refractivity contribution in [2.45, 2.75) is 32.6 Å². The van der Waals surface area contributed by atoms with Gasteiger partial charge in [-0.1, -0.05) is 18.2 Å². The van der Waals surface area contributed by atoms with Gasteiger partial charge in [-0.25, -0.2) is 0 Å². The smallest absolute Gasteiger partial charge is 0.253 e. The molecule has 2 aliphatic rings. The van der Waals surface area contributed by atoms with Crippen LogP contribution in [-0.2, 0) is 9.53 Å². The summed E-state index contributed by atoms with van der Waals surface area (Å²) in [7, 11) is 0. The molecule has 26 heavy (non-hydrogen) atoms. The Kier molecular flexibility index (Phi) is 6.67. The Morgan fingerprint density at radius 2 is 1.77 bits per heavy atom. The van der Waals surface area contributed by atoms with Gasteiger partial charge in [-0.2, -0.15) is 0 Å². The number of hydrogen-bond donors (Lipinski definition) is 0. The van der Waals surface area contributed by atoms with Crippen LogP contribution in [0.4, 0.5) is 0 Å². The van der Waals surface area contributed by atoms with E-state index in [0.29, 0.717) is 19.0 Å². The van der Waals surface area contributed by atoms with Crippen molar-refractivity contribution in [3.63, 3.8) is 0 Å². The molecular formula is C21H30N2O3. The van der Waals surface area contributed by atoms with Crippen molar-refractivity contribution >= 4 is 11.8 Å². The van der Waals surface area contributed by atoms with E-state index < -0.39 is 0 Å². The van der Waals surface area contributed by atoms with Crippen LogP contribution in [0.5, 0.6) is 0 Å². The maximum Gasteiger partial charge on any atom is 0.253 e. The van der Waals surface area contributed by atoms with Crippen LogP contribution in [0.1, 0.15) is 43.0 Å². The summed E-state index contributed by atoms with van der Waals surface area (Å²) in [4.78, 5) is 29.4. The highest BCUT2D eigenvalue weighted by molar-refractivity contribution is 5.94. The van der Waals surface area contributed by atoms with Gasteiger partial charge >= 0.3 is 0 Å². The predicted molar refractivity (Wildman–Crippen MR) is 101 cm³/mol. The van der Waals surface area contributed by atoms with Gasteiger partial charge in [0.05, 0.1) is 6.61 Å². The first kappa shape index (κ1) is 18.9. The molecule has 1 aromatic rings. The number of carbonyl (C=O) groups is 2. The van der Waals surface area contributed by atoms with Crippen LogP contribution in [0.25, 0.3) is 0 Å². The molecule has 0 N–H and O–H groups in total. The van der Waals surface area contributed by atoms with Gasteiger partial charge < -0.3 is 14.5 Å². The number of ether oxygens (including phenoxy) is 1. The molecular weight excluding hydrogens is 328 g/mol. The lowest BCUT2D eigenvalue weighted by Crippen LogP contribution is -2.47. The van der Waals surface area contributed by atoms with E-state index in [9.17, 15) is 9.59 Å². The number of rotatable bonds is 5. The van der Waals surface area contributed by atoms with E-state index in [4.69, 9.17) is 4.74 Å². The van der Waals surface area contributed by atoms with Crippen molar-refractivity contribution < 1.29 is 14.3 Å². The number of hydrogen-bond acceptors (Lipinski definition) is 3. The lowest BCUT2D eigenvalue weighted by atomic mass is 9.92. The summed E-state index contributed by atoms with van der Waals surface area (Å²) < 4.78 is 5.55. The lowest BCUT2D eigenvalue weighted by Gasteiger charge is -2.37. The molecule has 142 valence electrons. The molecule has 1 atom stereocenters. The second kappa shape index (κ2) is 9.17. The molecule has 2 heterocycles. The van der Waals surface area contributed by atoms with Gasteiger partial charge in [0.2, 0.25) is 5.91 Å². The Hall–Kier alpha value is -1.88. The fourth-order valence-corrected chi connectivity index (χ4v) is 4.04. The number of carbonyl (C=O) groups excluding carboxylic acids is 2. The molecule has 0 bridgehead atoms. The first-order chi connectivity index (χ1) is 12.7. The molecule has 0 spiro atoms. The first-order valence-corrected chi connectivity index (χ1v) is 9.90. The first-order valence-electron chi connectivity index (χ1n) is 9.90. The Morgan fingerprint density at radius 1 is 1.04 bits per heavy atom. The Labute approximate surface area is 156 Å². The number of piperidine rings is 2. The molecule has 0 radical (unpaired) electrons.